The molecule has 1 aromatic rings. The molecule has 0 atom stereocenters. The topological polar surface area (TPSA) is 87.7 Å². The number of ether oxygens (including phenoxy) is 1. The van der Waals surface area contributed by atoms with Crippen molar-refractivity contribution in [2.45, 2.75) is 17.7 Å². The monoisotopic (exact) mass is 369 g/mol. The number of carbonyl (C=O) groups excluding carboxylic acids is 1. The smallest absolute Gasteiger partial charge is 0.243 e. The molecule has 0 bridgehead atoms. The molecule has 7 nitrogen and oxygen atoms in total. The number of nitrogens with zero attached hydrogens (tertiary/aromatic N) is 1. The molecule has 2 N–H and O–H groups in total. The second-order valence-electron chi connectivity index (χ2n) is 5.76. The number of thiocarbonyl (C=S) groups is 1. The Balaban J connectivity index is 1.62. The van der Waals surface area contributed by atoms with Crippen molar-refractivity contribution in [3.8, 4) is 0 Å². The first-order valence-corrected chi connectivity index (χ1v) is 9.61. The molecule has 0 aromatic heterocycles. The molecular weight excluding hydrogens is 350 g/mol. The lowest BCUT2D eigenvalue weighted by molar-refractivity contribution is -0.120. The van der Waals surface area contributed by atoms with E-state index in [0.717, 1.165) is 12.8 Å². The minimum atomic E-state index is -3.51. The Hall–Kier alpha value is -1.55. The Labute approximate surface area is 146 Å². The van der Waals surface area contributed by atoms with Crippen LogP contribution in [0.4, 0.5) is 5.69 Å². The highest BCUT2D eigenvalue weighted by Gasteiger charge is 2.30. The molecule has 3 rings (SSSR count). The fourth-order valence-electron chi connectivity index (χ4n) is 2.37. The summed E-state index contributed by atoms with van der Waals surface area (Å²) in [6.07, 6.45) is 1.81. The van der Waals surface area contributed by atoms with Crippen molar-refractivity contribution in [3.05, 3.63) is 24.3 Å². The zero-order valence-electron chi connectivity index (χ0n) is 13.0. The number of nitrogens with one attached hydrogen (secondary N) is 2. The Morgan fingerprint density at radius 2 is 1.79 bits per heavy atom. The van der Waals surface area contributed by atoms with Gasteiger partial charge in [-0.2, -0.15) is 4.31 Å². The van der Waals surface area contributed by atoms with Crippen molar-refractivity contribution >= 4 is 38.9 Å². The fraction of sp³-hybridized carbons (Fsp3) is 0.467. The van der Waals surface area contributed by atoms with Crippen LogP contribution in [-0.4, -0.2) is 50.0 Å². The van der Waals surface area contributed by atoms with Crippen molar-refractivity contribution in [2.24, 2.45) is 5.92 Å². The molecule has 2 fully saturated rings. The lowest BCUT2D eigenvalue weighted by Gasteiger charge is -2.26. The number of rotatable bonds is 4. The molecule has 24 heavy (non-hydrogen) atoms. The van der Waals surface area contributed by atoms with Gasteiger partial charge in [-0.25, -0.2) is 8.42 Å². The molecule has 1 saturated carbocycles. The molecule has 1 aromatic carbocycles. The highest BCUT2D eigenvalue weighted by Crippen LogP contribution is 2.28. The van der Waals surface area contributed by atoms with E-state index in [9.17, 15) is 13.2 Å². The SMILES string of the molecule is O=C(NC(=S)Nc1ccc(S(=O)(=O)N2CCOCC2)cc1)C1CC1. The van der Waals surface area contributed by atoms with E-state index >= 15 is 0 Å². The van der Waals surface area contributed by atoms with Gasteiger partial charge in [0.1, 0.15) is 0 Å². The second kappa shape index (κ2) is 7.14. The minimum Gasteiger partial charge on any atom is -0.379 e. The van der Waals surface area contributed by atoms with Crippen LogP contribution in [-0.2, 0) is 19.6 Å². The van der Waals surface area contributed by atoms with Gasteiger partial charge < -0.3 is 15.4 Å². The summed E-state index contributed by atoms with van der Waals surface area (Å²) in [6.45, 7) is 1.54. The van der Waals surface area contributed by atoms with Crippen molar-refractivity contribution in [2.75, 3.05) is 31.6 Å². The maximum absolute atomic E-state index is 12.5. The van der Waals surface area contributed by atoms with Gasteiger partial charge in [-0.3, -0.25) is 4.79 Å². The van der Waals surface area contributed by atoms with Crippen molar-refractivity contribution in [1.82, 2.24) is 9.62 Å². The summed E-state index contributed by atoms with van der Waals surface area (Å²) in [5, 5.41) is 5.73. The van der Waals surface area contributed by atoms with E-state index in [1.165, 1.54) is 16.4 Å². The Morgan fingerprint density at radius 1 is 1.17 bits per heavy atom. The maximum atomic E-state index is 12.5. The van der Waals surface area contributed by atoms with Crippen LogP contribution in [0.15, 0.2) is 29.2 Å². The number of hydrogen-bond acceptors (Lipinski definition) is 5. The Morgan fingerprint density at radius 3 is 2.38 bits per heavy atom. The molecule has 1 saturated heterocycles. The Bertz CT molecular complexity index is 724. The van der Waals surface area contributed by atoms with Crippen LogP contribution >= 0.6 is 12.2 Å². The number of amides is 1. The van der Waals surface area contributed by atoms with Crippen LogP contribution in [0.1, 0.15) is 12.8 Å². The molecule has 0 unspecified atom stereocenters. The minimum absolute atomic E-state index is 0.0704. The molecule has 0 radical (unpaired) electrons. The normalized spacial score (nSPS) is 18.8. The summed E-state index contributed by atoms with van der Waals surface area (Å²) >= 11 is 5.08. The summed E-state index contributed by atoms with van der Waals surface area (Å²) in [5.74, 6) is 0.00445. The van der Waals surface area contributed by atoms with Crippen molar-refractivity contribution in [3.63, 3.8) is 0 Å². The maximum Gasteiger partial charge on any atom is 0.243 e. The third-order valence-electron chi connectivity index (χ3n) is 3.90. The molecule has 1 amide bonds. The Kier molecular flexibility index (Phi) is 5.14. The van der Waals surface area contributed by atoms with Gasteiger partial charge in [0, 0.05) is 24.7 Å². The largest absolute Gasteiger partial charge is 0.379 e. The third kappa shape index (κ3) is 4.10. The van der Waals surface area contributed by atoms with Gasteiger partial charge in [0.25, 0.3) is 0 Å². The molecule has 0 spiro atoms. The molecule has 1 heterocycles. The van der Waals surface area contributed by atoms with Crippen LogP contribution in [0.3, 0.4) is 0 Å². The van der Waals surface area contributed by atoms with Crippen molar-refractivity contribution in [1.29, 1.82) is 0 Å². The van der Waals surface area contributed by atoms with E-state index < -0.39 is 10.0 Å². The molecule has 2 aliphatic rings. The van der Waals surface area contributed by atoms with Gasteiger partial charge >= 0.3 is 0 Å². The van der Waals surface area contributed by atoms with E-state index in [0.29, 0.717) is 32.0 Å². The van der Waals surface area contributed by atoms with E-state index in [-0.39, 0.29) is 21.8 Å². The number of sulfonamides is 1. The first-order chi connectivity index (χ1) is 11.5. The van der Waals surface area contributed by atoms with Gasteiger partial charge in [0.2, 0.25) is 15.9 Å². The average Bonchev–Trinajstić information content (AvgIpc) is 3.41. The predicted molar refractivity (Wildman–Crippen MR) is 93.1 cm³/mol. The van der Waals surface area contributed by atoms with Crippen LogP contribution in [0.25, 0.3) is 0 Å². The highest BCUT2D eigenvalue weighted by molar-refractivity contribution is 7.89. The summed E-state index contributed by atoms with van der Waals surface area (Å²) in [5.41, 5.74) is 0.622. The van der Waals surface area contributed by atoms with E-state index in [1.54, 1.807) is 12.1 Å². The van der Waals surface area contributed by atoms with Crippen LogP contribution in [0.5, 0.6) is 0 Å². The highest BCUT2D eigenvalue weighted by atomic mass is 32.2. The first-order valence-electron chi connectivity index (χ1n) is 7.76. The zero-order valence-corrected chi connectivity index (χ0v) is 14.7. The number of hydrogen-bond donors (Lipinski definition) is 2. The lowest BCUT2D eigenvalue weighted by Crippen LogP contribution is -2.40. The summed E-state index contributed by atoms with van der Waals surface area (Å²) in [6, 6.07) is 6.31. The predicted octanol–water partition coefficient (Wildman–Crippen LogP) is 0.930. The quantitative estimate of drug-likeness (QED) is 0.768. The number of anilines is 1. The average molecular weight is 369 g/mol. The van der Waals surface area contributed by atoms with Gasteiger partial charge in [-0.15, -0.1) is 0 Å². The van der Waals surface area contributed by atoms with E-state index in [4.69, 9.17) is 17.0 Å². The van der Waals surface area contributed by atoms with Gasteiger partial charge in [0.05, 0.1) is 18.1 Å². The van der Waals surface area contributed by atoms with Gasteiger partial charge in [0.15, 0.2) is 5.11 Å². The summed E-state index contributed by atoms with van der Waals surface area (Å²) < 4.78 is 31.6. The van der Waals surface area contributed by atoms with Gasteiger partial charge in [-0.05, 0) is 49.3 Å². The summed E-state index contributed by atoms with van der Waals surface area (Å²) in [7, 11) is -3.51. The zero-order chi connectivity index (χ0) is 17.2. The van der Waals surface area contributed by atoms with Crippen LogP contribution < -0.4 is 10.6 Å². The molecule has 130 valence electrons. The fourth-order valence-corrected chi connectivity index (χ4v) is 3.99. The molecule has 1 aliphatic heterocycles. The van der Waals surface area contributed by atoms with Crippen molar-refractivity contribution < 1.29 is 17.9 Å². The molecular formula is C15H19N3O4S2. The molecule has 9 heteroatoms. The lowest BCUT2D eigenvalue weighted by atomic mass is 10.3. The van der Waals surface area contributed by atoms with E-state index in [2.05, 4.69) is 10.6 Å². The first kappa shape index (κ1) is 17.3. The van der Waals surface area contributed by atoms with E-state index in [1.807, 2.05) is 0 Å². The number of carbonyl (C=O) groups is 1. The van der Waals surface area contributed by atoms with Gasteiger partial charge in [-0.1, -0.05) is 0 Å². The van der Waals surface area contributed by atoms with Crippen LogP contribution in [0, 0.1) is 5.92 Å². The standard InChI is InChI=1S/C15H19N3O4S2/c19-14(11-1-2-11)17-15(23)16-12-3-5-13(6-4-12)24(20,21)18-7-9-22-10-8-18/h3-6,11H,1-2,7-10H2,(H2,16,17,19,23). The third-order valence-corrected chi connectivity index (χ3v) is 6.02. The van der Waals surface area contributed by atoms with Crippen LogP contribution in [0.2, 0.25) is 0 Å². The molecule has 1 aliphatic carbocycles. The number of benzene rings is 1. The second-order valence-corrected chi connectivity index (χ2v) is 8.10. The summed E-state index contributed by atoms with van der Waals surface area (Å²) in [4.78, 5) is 11.9. The number of morpholine rings is 1.